The van der Waals surface area contributed by atoms with Crippen LogP contribution in [0.3, 0.4) is 0 Å². The first-order valence-electron chi connectivity index (χ1n) is 6.99. The predicted molar refractivity (Wildman–Crippen MR) is 86.7 cm³/mol. The molecule has 0 bridgehead atoms. The highest BCUT2D eigenvalue weighted by Crippen LogP contribution is 2.20. The third kappa shape index (κ3) is 2.52. The standard InChI is InChI=1S/C9H9N.C8H9N3/c10-9-6-5-7-3-1-2-4-8(7)9;1-11-7-5-3-2-4-6(7)10-8(11)9/h1-4,10H,5-6H2;2-5H,1H3,(H2,9,10). The molecule has 2 aromatic carbocycles. The molecule has 0 aliphatic heterocycles. The lowest BCUT2D eigenvalue weighted by Gasteiger charge is -1.94. The molecule has 4 rings (SSSR count). The highest BCUT2D eigenvalue weighted by molar-refractivity contribution is 6.02. The molecule has 1 aliphatic rings. The first kappa shape index (κ1) is 13.4. The molecule has 0 saturated carbocycles. The Labute approximate surface area is 123 Å². The summed E-state index contributed by atoms with van der Waals surface area (Å²) in [6.45, 7) is 0. The van der Waals surface area contributed by atoms with Crippen LogP contribution in [0, 0.1) is 5.41 Å². The van der Waals surface area contributed by atoms with E-state index in [4.69, 9.17) is 11.1 Å². The Bertz CT molecular complexity index is 801. The average molecular weight is 278 g/mol. The molecule has 0 spiro atoms. The zero-order chi connectivity index (χ0) is 14.8. The maximum absolute atomic E-state index is 7.53. The number of rotatable bonds is 0. The van der Waals surface area contributed by atoms with Crippen molar-refractivity contribution in [3.63, 3.8) is 0 Å². The summed E-state index contributed by atoms with van der Waals surface area (Å²) < 4.78 is 1.87. The Morgan fingerprint density at radius 2 is 1.76 bits per heavy atom. The summed E-state index contributed by atoms with van der Waals surface area (Å²) in [5.74, 6) is 0.561. The van der Waals surface area contributed by atoms with Gasteiger partial charge in [0.05, 0.1) is 11.0 Å². The number of nitrogens with one attached hydrogen (secondary N) is 1. The van der Waals surface area contributed by atoms with Gasteiger partial charge in [0.15, 0.2) is 0 Å². The second-order valence-corrected chi connectivity index (χ2v) is 5.15. The number of aromatic nitrogens is 2. The first-order chi connectivity index (χ1) is 10.2. The van der Waals surface area contributed by atoms with Gasteiger partial charge in [0.1, 0.15) is 0 Å². The van der Waals surface area contributed by atoms with Crippen molar-refractivity contribution < 1.29 is 0 Å². The molecular weight excluding hydrogens is 260 g/mol. The highest BCUT2D eigenvalue weighted by Gasteiger charge is 2.13. The van der Waals surface area contributed by atoms with Crippen molar-refractivity contribution in [3.8, 4) is 0 Å². The van der Waals surface area contributed by atoms with Gasteiger partial charge >= 0.3 is 0 Å². The molecule has 0 unspecified atom stereocenters. The summed E-state index contributed by atoms with van der Waals surface area (Å²) in [6, 6.07) is 16.1. The molecule has 1 aliphatic carbocycles. The minimum atomic E-state index is 0.561. The van der Waals surface area contributed by atoms with Gasteiger partial charge in [-0.2, -0.15) is 0 Å². The van der Waals surface area contributed by atoms with E-state index in [1.54, 1.807) is 0 Å². The van der Waals surface area contributed by atoms with Gasteiger partial charge in [-0.15, -0.1) is 0 Å². The second-order valence-electron chi connectivity index (χ2n) is 5.15. The van der Waals surface area contributed by atoms with Gasteiger partial charge in [0, 0.05) is 12.8 Å². The lowest BCUT2D eigenvalue weighted by Crippen LogP contribution is -1.95. The van der Waals surface area contributed by atoms with Crippen LogP contribution in [-0.4, -0.2) is 15.3 Å². The molecule has 3 N–H and O–H groups in total. The summed E-state index contributed by atoms with van der Waals surface area (Å²) in [7, 11) is 1.91. The van der Waals surface area contributed by atoms with E-state index in [1.807, 2.05) is 54.1 Å². The number of nitrogen functional groups attached to an aromatic ring is 1. The molecule has 4 heteroatoms. The first-order valence-corrected chi connectivity index (χ1v) is 6.99. The molecule has 1 heterocycles. The lowest BCUT2D eigenvalue weighted by atomic mass is 10.1. The van der Waals surface area contributed by atoms with Crippen LogP contribution in [0.1, 0.15) is 17.5 Å². The maximum atomic E-state index is 7.53. The van der Waals surface area contributed by atoms with E-state index in [1.165, 1.54) is 5.56 Å². The quantitative estimate of drug-likeness (QED) is 0.663. The zero-order valence-electron chi connectivity index (χ0n) is 12.0. The van der Waals surface area contributed by atoms with Gasteiger partial charge in [-0.3, -0.25) is 0 Å². The monoisotopic (exact) mass is 278 g/mol. The van der Waals surface area contributed by atoms with Crippen molar-refractivity contribution in [3.05, 3.63) is 59.7 Å². The maximum Gasteiger partial charge on any atom is 0.200 e. The summed E-state index contributed by atoms with van der Waals surface area (Å²) in [4.78, 5) is 4.15. The fourth-order valence-electron chi connectivity index (χ4n) is 2.59. The minimum absolute atomic E-state index is 0.561. The van der Waals surface area contributed by atoms with Crippen LogP contribution in [0.5, 0.6) is 0 Å². The van der Waals surface area contributed by atoms with E-state index in [2.05, 4.69) is 11.1 Å². The van der Waals surface area contributed by atoms with Crippen LogP contribution < -0.4 is 5.73 Å². The van der Waals surface area contributed by atoms with Crippen LogP contribution in [0.2, 0.25) is 0 Å². The topological polar surface area (TPSA) is 67.7 Å². The smallest absolute Gasteiger partial charge is 0.200 e. The molecule has 0 saturated heterocycles. The van der Waals surface area contributed by atoms with Crippen molar-refractivity contribution >= 4 is 22.7 Å². The highest BCUT2D eigenvalue weighted by atomic mass is 15.1. The van der Waals surface area contributed by atoms with E-state index in [0.29, 0.717) is 5.95 Å². The normalized spacial score (nSPS) is 12.9. The number of aryl methyl sites for hydroxylation is 2. The molecule has 1 aromatic heterocycles. The third-order valence-electron chi connectivity index (χ3n) is 3.81. The molecule has 4 nitrogen and oxygen atoms in total. The Balaban J connectivity index is 0.000000126. The fraction of sp³-hybridized carbons (Fsp3) is 0.176. The summed E-state index contributed by atoms with van der Waals surface area (Å²) >= 11 is 0. The van der Waals surface area contributed by atoms with Gasteiger partial charge < -0.3 is 15.7 Å². The Kier molecular flexibility index (Phi) is 3.44. The van der Waals surface area contributed by atoms with Crippen LogP contribution in [-0.2, 0) is 13.5 Å². The Morgan fingerprint density at radius 1 is 1.05 bits per heavy atom. The van der Waals surface area contributed by atoms with Crippen molar-refractivity contribution in [2.75, 3.05) is 5.73 Å². The van der Waals surface area contributed by atoms with Crippen LogP contribution in [0.15, 0.2) is 48.5 Å². The van der Waals surface area contributed by atoms with Crippen LogP contribution >= 0.6 is 0 Å². The minimum Gasteiger partial charge on any atom is -0.369 e. The summed E-state index contributed by atoms with van der Waals surface area (Å²) in [5.41, 5.74) is 10.9. The average Bonchev–Trinajstić information content (AvgIpc) is 3.02. The SMILES string of the molecule is Cn1c(N)nc2ccccc21.N=C1CCc2ccccc21. The number of para-hydroxylation sites is 2. The van der Waals surface area contributed by atoms with Gasteiger partial charge in [-0.25, -0.2) is 4.98 Å². The number of benzene rings is 2. The molecule has 106 valence electrons. The van der Waals surface area contributed by atoms with Gasteiger partial charge in [-0.05, 0) is 36.1 Å². The van der Waals surface area contributed by atoms with E-state index >= 15 is 0 Å². The fourth-order valence-corrected chi connectivity index (χ4v) is 2.59. The molecule has 21 heavy (non-hydrogen) atoms. The van der Waals surface area contributed by atoms with Crippen molar-refractivity contribution in [1.82, 2.24) is 9.55 Å². The van der Waals surface area contributed by atoms with E-state index in [0.717, 1.165) is 35.2 Å². The second kappa shape index (κ2) is 5.40. The van der Waals surface area contributed by atoms with Gasteiger partial charge in [0.2, 0.25) is 5.95 Å². The molecular formula is C17H18N4. The number of fused-ring (bicyclic) bond motifs is 2. The molecule has 0 amide bonds. The van der Waals surface area contributed by atoms with Crippen LogP contribution in [0.4, 0.5) is 5.95 Å². The number of imidazole rings is 1. The van der Waals surface area contributed by atoms with Crippen LogP contribution in [0.25, 0.3) is 11.0 Å². The summed E-state index contributed by atoms with van der Waals surface area (Å²) in [6.07, 6.45) is 1.99. The Hall–Kier alpha value is -2.62. The van der Waals surface area contributed by atoms with Crippen molar-refractivity contribution in [1.29, 1.82) is 5.41 Å². The van der Waals surface area contributed by atoms with E-state index < -0.39 is 0 Å². The van der Waals surface area contributed by atoms with Gasteiger partial charge in [0.25, 0.3) is 0 Å². The van der Waals surface area contributed by atoms with E-state index in [9.17, 15) is 0 Å². The van der Waals surface area contributed by atoms with E-state index in [-0.39, 0.29) is 0 Å². The molecule has 3 aromatic rings. The largest absolute Gasteiger partial charge is 0.369 e. The molecule has 0 radical (unpaired) electrons. The number of hydrogen-bond acceptors (Lipinski definition) is 3. The number of nitrogens with two attached hydrogens (primary N) is 1. The lowest BCUT2D eigenvalue weighted by molar-refractivity contribution is 0.965. The number of hydrogen-bond donors (Lipinski definition) is 2. The van der Waals surface area contributed by atoms with Crippen molar-refractivity contribution in [2.45, 2.75) is 12.8 Å². The zero-order valence-corrected chi connectivity index (χ0v) is 12.0. The Morgan fingerprint density at radius 3 is 2.52 bits per heavy atom. The van der Waals surface area contributed by atoms with Crippen molar-refractivity contribution in [2.24, 2.45) is 7.05 Å². The van der Waals surface area contributed by atoms with Gasteiger partial charge in [-0.1, -0.05) is 36.4 Å². The molecule has 0 fully saturated rings. The molecule has 0 atom stereocenters. The predicted octanol–water partition coefficient (Wildman–Crippen LogP) is 3.16. The summed E-state index contributed by atoms with van der Waals surface area (Å²) in [5, 5.41) is 7.53. The number of anilines is 1. The third-order valence-corrected chi connectivity index (χ3v) is 3.81. The number of nitrogens with zero attached hydrogens (tertiary/aromatic N) is 2.